The molecule has 0 bridgehead atoms. The largest absolute Gasteiger partial charge is 0.508 e. The van der Waals surface area contributed by atoms with Gasteiger partial charge in [0.15, 0.2) is 0 Å². The SMILES string of the molecule is O=C1O[C@H](Cn2nncc2-c2ccc(F)cc2)[C@@H](c2ccc(O)cc2)N1c1ccc(F)cc1. The molecule has 9 heteroatoms. The Morgan fingerprint density at radius 3 is 2.21 bits per heavy atom. The first kappa shape index (κ1) is 20.6. The van der Waals surface area contributed by atoms with Crippen LogP contribution in [0.5, 0.6) is 5.75 Å². The molecule has 1 aliphatic heterocycles. The number of rotatable bonds is 5. The Labute approximate surface area is 187 Å². The molecular weight excluding hydrogens is 430 g/mol. The predicted molar refractivity (Wildman–Crippen MR) is 115 cm³/mol. The van der Waals surface area contributed by atoms with Gasteiger partial charge in [0.1, 0.15) is 29.5 Å². The fourth-order valence-electron chi connectivity index (χ4n) is 3.98. The van der Waals surface area contributed by atoms with E-state index in [-0.39, 0.29) is 18.1 Å². The maximum atomic E-state index is 13.5. The highest BCUT2D eigenvalue weighted by Crippen LogP contribution is 2.39. The lowest BCUT2D eigenvalue weighted by atomic mass is 9.99. The first-order valence-electron chi connectivity index (χ1n) is 10.2. The molecule has 1 fully saturated rings. The molecule has 0 saturated carbocycles. The highest BCUT2D eigenvalue weighted by atomic mass is 19.1. The molecule has 0 radical (unpaired) electrons. The van der Waals surface area contributed by atoms with E-state index in [4.69, 9.17) is 4.74 Å². The number of nitrogens with zero attached hydrogens (tertiary/aromatic N) is 4. The molecule has 2 atom stereocenters. The van der Waals surface area contributed by atoms with Gasteiger partial charge in [0.25, 0.3) is 0 Å². The summed E-state index contributed by atoms with van der Waals surface area (Å²) in [5.74, 6) is -0.691. The van der Waals surface area contributed by atoms with Crippen LogP contribution in [-0.2, 0) is 11.3 Å². The number of amides is 1. The van der Waals surface area contributed by atoms with Crippen molar-refractivity contribution in [3.63, 3.8) is 0 Å². The zero-order valence-corrected chi connectivity index (χ0v) is 17.2. The Balaban J connectivity index is 1.52. The van der Waals surface area contributed by atoms with Crippen LogP contribution in [0.4, 0.5) is 19.3 Å². The van der Waals surface area contributed by atoms with Crippen molar-refractivity contribution in [2.75, 3.05) is 4.90 Å². The van der Waals surface area contributed by atoms with Crippen LogP contribution < -0.4 is 4.90 Å². The molecule has 3 aromatic carbocycles. The van der Waals surface area contributed by atoms with Crippen LogP contribution in [0.15, 0.2) is 79.0 Å². The van der Waals surface area contributed by atoms with Gasteiger partial charge in [0, 0.05) is 11.3 Å². The van der Waals surface area contributed by atoms with E-state index in [0.29, 0.717) is 16.9 Å². The lowest BCUT2D eigenvalue weighted by Crippen LogP contribution is -2.31. The molecule has 33 heavy (non-hydrogen) atoms. The number of carbonyl (C=O) groups is 1. The van der Waals surface area contributed by atoms with Gasteiger partial charge in [-0.3, -0.25) is 4.90 Å². The first-order valence-corrected chi connectivity index (χ1v) is 10.2. The second-order valence-electron chi connectivity index (χ2n) is 7.61. The van der Waals surface area contributed by atoms with Crippen LogP contribution in [0.3, 0.4) is 0 Å². The number of benzene rings is 3. The van der Waals surface area contributed by atoms with E-state index in [1.54, 1.807) is 35.1 Å². The van der Waals surface area contributed by atoms with Crippen LogP contribution in [0.1, 0.15) is 11.6 Å². The Bertz CT molecular complexity index is 1270. The normalized spacial score (nSPS) is 17.9. The molecule has 7 nitrogen and oxygen atoms in total. The molecule has 4 aromatic rings. The van der Waals surface area contributed by atoms with Gasteiger partial charge in [-0.1, -0.05) is 17.3 Å². The third-order valence-electron chi connectivity index (χ3n) is 5.53. The summed E-state index contributed by atoms with van der Waals surface area (Å²) in [7, 11) is 0. The highest BCUT2D eigenvalue weighted by molar-refractivity contribution is 5.91. The minimum atomic E-state index is -0.673. The van der Waals surface area contributed by atoms with Gasteiger partial charge in [0.2, 0.25) is 0 Å². The van der Waals surface area contributed by atoms with E-state index in [1.807, 2.05) is 0 Å². The molecule has 0 spiro atoms. The van der Waals surface area contributed by atoms with Crippen LogP contribution in [-0.4, -0.2) is 32.3 Å². The first-order chi connectivity index (χ1) is 16.0. The summed E-state index contributed by atoms with van der Waals surface area (Å²) in [5.41, 5.74) is 2.54. The van der Waals surface area contributed by atoms with Crippen molar-refractivity contribution in [2.45, 2.75) is 18.7 Å². The van der Waals surface area contributed by atoms with Crippen LogP contribution in [0, 0.1) is 11.6 Å². The van der Waals surface area contributed by atoms with Gasteiger partial charge in [-0.15, -0.1) is 5.10 Å². The summed E-state index contributed by atoms with van der Waals surface area (Å²) in [6.07, 6.45) is 0.290. The molecule has 0 aliphatic carbocycles. The van der Waals surface area contributed by atoms with E-state index < -0.39 is 24.1 Å². The lowest BCUT2D eigenvalue weighted by Gasteiger charge is -2.25. The maximum absolute atomic E-state index is 13.5. The standard InChI is InChI=1S/C24H18F2N4O3/c25-17-5-1-15(2-6-17)21-13-27-28-29(21)14-22-23(16-3-11-20(31)12-4-16)30(24(32)33-22)19-9-7-18(26)8-10-19/h1-13,22-23,31H,14H2/t22-,23-/m1/s1. The monoisotopic (exact) mass is 448 g/mol. The number of phenols is 1. The number of carbonyl (C=O) groups excluding carboxylic acids is 1. The second-order valence-corrected chi connectivity index (χ2v) is 7.61. The number of hydrogen-bond donors (Lipinski definition) is 1. The summed E-state index contributed by atoms with van der Waals surface area (Å²) < 4.78 is 34.2. The van der Waals surface area contributed by atoms with Gasteiger partial charge < -0.3 is 9.84 Å². The summed E-state index contributed by atoms with van der Waals surface area (Å²) in [6.45, 7) is 0.168. The van der Waals surface area contributed by atoms with E-state index in [9.17, 15) is 18.7 Å². The molecule has 1 saturated heterocycles. The average molecular weight is 448 g/mol. The maximum Gasteiger partial charge on any atom is 0.415 e. The van der Waals surface area contributed by atoms with Crippen molar-refractivity contribution in [1.82, 2.24) is 15.0 Å². The Kier molecular flexibility index (Phi) is 5.21. The van der Waals surface area contributed by atoms with Crippen molar-refractivity contribution >= 4 is 11.8 Å². The zero-order chi connectivity index (χ0) is 22.9. The summed E-state index contributed by atoms with van der Waals surface area (Å²) >= 11 is 0. The smallest absolute Gasteiger partial charge is 0.415 e. The molecule has 166 valence electrons. The summed E-state index contributed by atoms with van der Waals surface area (Å²) in [5, 5.41) is 17.8. The lowest BCUT2D eigenvalue weighted by molar-refractivity contribution is 0.118. The van der Waals surface area contributed by atoms with Crippen molar-refractivity contribution in [2.24, 2.45) is 0 Å². The minimum Gasteiger partial charge on any atom is -0.508 e. The average Bonchev–Trinajstić information content (AvgIpc) is 3.40. The molecule has 1 aliphatic rings. The number of aromatic nitrogens is 3. The van der Waals surface area contributed by atoms with Crippen molar-refractivity contribution in [1.29, 1.82) is 0 Å². The van der Waals surface area contributed by atoms with E-state index >= 15 is 0 Å². The van der Waals surface area contributed by atoms with Gasteiger partial charge in [-0.2, -0.15) is 0 Å². The van der Waals surface area contributed by atoms with E-state index in [0.717, 1.165) is 5.56 Å². The molecule has 1 N–H and O–H groups in total. The molecule has 2 heterocycles. The van der Waals surface area contributed by atoms with Crippen molar-refractivity contribution in [3.05, 3.63) is 96.2 Å². The van der Waals surface area contributed by atoms with E-state index in [1.165, 1.54) is 53.4 Å². The number of cyclic esters (lactones) is 1. The van der Waals surface area contributed by atoms with Crippen LogP contribution in [0.25, 0.3) is 11.3 Å². The quantitative estimate of drug-likeness (QED) is 0.479. The minimum absolute atomic E-state index is 0.0868. The number of aromatic hydroxyl groups is 1. The van der Waals surface area contributed by atoms with Gasteiger partial charge >= 0.3 is 6.09 Å². The zero-order valence-electron chi connectivity index (χ0n) is 17.2. The molecule has 0 unspecified atom stereocenters. The van der Waals surface area contributed by atoms with Gasteiger partial charge in [-0.05, 0) is 66.2 Å². The van der Waals surface area contributed by atoms with Gasteiger partial charge in [-0.25, -0.2) is 18.3 Å². The third-order valence-corrected chi connectivity index (χ3v) is 5.53. The highest BCUT2D eigenvalue weighted by Gasteiger charge is 2.44. The van der Waals surface area contributed by atoms with Crippen LogP contribution in [0.2, 0.25) is 0 Å². The molecule has 5 rings (SSSR count). The Morgan fingerprint density at radius 1 is 0.909 bits per heavy atom. The second kappa shape index (κ2) is 8.34. The number of ether oxygens (including phenoxy) is 1. The van der Waals surface area contributed by atoms with Crippen LogP contribution >= 0.6 is 0 Å². The number of halogens is 2. The molecule has 1 aromatic heterocycles. The number of anilines is 1. The molecule has 1 amide bonds. The summed E-state index contributed by atoms with van der Waals surface area (Å²) in [6, 6.07) is 17.4. The van der Waals surface area contributed by atoms with E-state index in [2.05, 4.69) is 10.3 Å². The van der Waals surface area contributed by atoms with Gasteiger partial charge in [0.05, 0.1) is 18.4 Å². The Morgan fingerprint density at radius 2 is 1.55 bits per heavy atom. The summed E-state index contributed by atoms with van der Waals surface area (Å²) in [4.78, 5) is 14.4. The van der Waals surface area contributed by atoms with Crippen molar-refractivity contribution in [3.8, 4) is 17.0 Å². The third kappa shape index (κ3) is 4.00. The topological polar surface area (TPSA) is 80.5 Å². The van der Waals surface area contributed by atoms with Crippen molar-refractivity contribution < 1.29 is 23.4 Å². The fourth-order valence-corrected chi connectivity index (χ4v) is 3.98. The number of hydrogen-bond acceptors (Lipinski definition) is 5. The Hall–Kier alpha value is -4.27. The predicted octanol–water partition coefficient (Wildman–Crippen LogP) is 4.70. The number of phenolic OH excluding ortho intramolecular Hbond substituents is 1. The molecular formula is C24H18F2N4O3. The fraction of sp³-hybridized carbons (Fsp3) is 0.125.